The molecule has 4 rings (SSSR count). The Morgan fingerprint density at radius 1 is 1.10 bits per heavy atom. The molecular formula is C22H23N5O3S. The number of pyridine rings is 1. The lowest BCUT2D eigenvalue weighted by Gasteiger charge is -2.16. The second-order valence-electron chi connectivity index (χ2n) is 7.42. The van der Waals surface area contributed by atoms with Gasteiger partial charge in [-0.1, -0.05) is 25.1 Å². The third-order valence-corrected chi connectivity index (χ3v) is 6.92. The minimum Gasteiger partial charge on any atom is -0.326 e. The summed E-state index contributed by atoms with van der Waals surface area (Å²) in [5.74, 6) is -0.756. The Kier molecular flexibility index (Phi) is 5.94. The van der Waals surface area contributed by atoms with Crippen molar-refractivity contribution < 1.29 is 13.2 Å². The van der Waals surface area contributed by atoms with E-state index in [1.54, 1.807) is 18.5 Å². The fraction of sp³-hybridized carbons (Fsp3) is 0.273. The smallest absolute Gasteiger partial charge is 0.237 e. The van der Waals surface area contributed by atoms with Crippen LogP contribution in [0.25, 0.3) is 11.1 Å². The largest absolute Gasteiger partial charge is 0.326 e. The predicted octanol–water partition coefficient (Wildman–Crippen LogP) is 3.58. The summed E-state index contributed by atoms with van der Waals surface area (Å²) in [5.41, 5.74) is 3.13. The van der Waals surface area contributed by atoms with Crippen molar-refractivity contribution in [2.45, 2.75) is 37.4 Å². The topological polar surface area (TPSA) is 114 Å². The van der Waals surface area contributed by atoms with Gasteiger partial charge in [0, 0.05) is 24.3 Å². The first-order chi connectivity index (χ1) is 15.0. The molecule has 1 aromatic carbocycles. The molecule has 9 heteroatoms. The van der Waals surface area contributed by atoms with Gasteiger partial charge in [0.2, 0.25) is 21.9 Å². The molecule has 0 radical (unpaired) electrons. The fourth-order valence-corrected chi connectivity index (χ4v) is 4.52. The molecule has 0 saturated heterocycles. The van der Waals surface area contributed by atoms with Crippen molar-refractivity contribution in [2.75, 3.05) is 10.0 Å². The minimum absolute atomic E-state index is 0.00327. The Balaban J connectivity index is 1.46. The molecule has 2 aromatic heterocycles. The first kappa shape index (κ1) is 20.9. The van der Waals surface area contributed by atoms with Crippen LogP contribution in [0, 0.1) is 0 Å². The molecule has 1 saturated carbocycles. The molecule has 8 nitrogen and oxygen atoms in total. The highest BCUT2D eigenvalue weighted by molar-refractivity contribution is 7.93. The Morgan fingerprint density at radius 2 is 1.87 bits per heavy atom. The summed E-state index contributed by atoms with van der Waals surface area (Å²) in [6.45, 7) is 1.88. The number of rotatable bonds is 8. The molecule has 3 aromatic rings. The first-order valence-corrected chi connectivity index (χ1v) is 11.7. The zero-order valence-electron chi connectivity index (χ0n) is 17.0. The van der Waals surface area contributed by atoms with Crippen molar-refractivity contribution in [3.63, 3.8) is 0 Å². The normalized spacial score (nSPS) is 14.6. The number of benzene rings is 1. The summed E-state index contributed by atoms with van der Waals surface area (Å²) in [5, 5.41) is 2.54. The van der Waals surface area contributed by atoms with Gasteiger partial charge in [0.05, 0.1) is 16.9 Å². The van der Waals surface area contributed by atoms with Crippen molar-refractivity contribution in [3.05, 3.63) is 66.7 Å². The van der Waals surface area contributed by atoms with Gasteiger partial charge in [0.1, 0.15) is 0 Å². The summed E-state index contributed by atoms with van der Waals surface area (Å²) in [4.78, 5) is 25.3. The molecule has 2 heterocycles. The minimum atomic E-state index is -3.47. The van der Waals surface area contributed by atoms with Gasteiger partial charge >= 0.3 is 0 Å². The Bertz CT molecular complexity index is 1160. The Morgan fingerprint density at radius 3 is 2.52 bits per heavy atom. The van der Waals surface area contributed by atoms with Crippen LogP contribution in [-0.2, 0) is 14.8 Å². The molecule has 2 N–H and O–H groups in total. The van der Waals surface area contributed by atoms with Crippen LogP contribution >= 0.6 is 0 Å². The molecule has 31 heavy (non-hydrogen) atoms. The van der Waals surface area contributed by atoms with E-state index in [0.29, 0.717) is 30.6 Å². The van der Waals surface area contributed by atoms with E-state index in [9.17, 15) is 13.2 Å². The van der Waals surface area contributed by atoms with Crippen molar-refractivity contribution in [1.29, 1.82) is 0 Å². The number of carbonyl (C=O) groups is 1. The standard InChI is InChI=1S/C22H23N5O3S/c1-2-19(20-11-13-24-22(26-20)27-31(29,30)18-9-10-18)21(28)25-17-7-5-15(6-8-17)16-4-3-12-23-14-16/h3-8,11-14,18-19H,2,9-10H2,1H3,(H,25,28)(H,24,26,27). The number of hydrogen-bond acceptors (Lipinski definition) is 6. The summed E-state index contributed by atoms with van der Waals surface area (Å²) >= 11 is 0. The number of hydrogen-bond donors (Lipinski definition) is 2. The molecular weight excluding hydrogens is 414 g/mol. The number of anilines is 2. The number of aromatic nitrogens is 3. The van der Waals surface area contributed by atoms with Gasteiger partial charge in [0.25, 0.3) is 0 Å². The lowest BCUT2D eigenvalue weighted by atomic mass is 10.0. The summed E-state index contributed by atoms with van der Waals surface area (Å²) in [6.07, 6.45) is 6.77. The second-order valence-corrected chi connectivity index (χ2v) is 9.38. The van der Waals surface area contributed by atoms with Crippen LogP contribution in [0.3, 0.4) is 0 Å². The van der Waals surface area contributed by atoms with E-state index in [-0.39, 0.29) is 17.1 Å². The van der Waals surface area contributed by atoms with Crippen LogP contribution in [0.15, 0.2) is 61.1 Å². The van der Waals surface area contributed by atoms with Crippen LogP contribution < -0.4 is 10.0 Å². The predicted molar refractivity (Wildman–Crippen MR) is 119 cm³/mol. The zero-order chi connectivity index (χ0) is 21.8. The summed E-state index contributed by atoms with van der Waals surface area (Å²) < 4.78 is 26.7. The van der Waals surface area contributed by atoms with Crippen molar-refractivity contribution >= 4 is 27.6 Å². The zero-order valence-corrected chi connectivity index (χ0v) is 17.8. The molecule has 1 unspecified atom stereocenters. The van der Waals surface area contributed by atoms with Gasteiger partial charge < -0.3 is 5.32 Å². The van der Waals surface area contributed by atoms with Crippen molar-refractivity contribution in [1.82, 2.24) is 15.0 Å². The molecule has 0 aliphatic heterocycles. The molecule has 1 aliphatic carbocycles. The lowest BCUT2D eigenvalue weighted by Crippen LogP contribution is -2.23. The van der Waals surface area contributed by atoms with E-state index in [2.05, 4.69) is 25.0 Å². The maximum Gasteiger partial charge on any atom is 0.237 e. The monoisotopic (exact) mass is 437 g/mol. The van der Waals surface area contributed by atoms with Gasteiger partial charge in [-0.15, -0.1) is 0 Å². The maximum atomic E-state index is 12.9. The van der Waals surface area contributed by atoms with Crippen LogP contribution in [0.4, 0.5) is 11.6 Å². The van der Waals surface area contributed by atoms with Gasteiger partial charge in [-0.2, -0.15) is 0 Å². The second kappa shape index (κ2) is 8.81. The molecule has 1 aliphatic rings. The van der Waals surface area contributed by atoms with Crippen LogP contribution in [0.5, 0.6) is 0 Å². The molecule has 0 bridgehead atoms. The van der Waals surface area contributed by atoms with E-state index in [1.807, 2.05) is 43.3 Å². The van der Waals surface area contributed by atoms with E-state index >= 15 is 0 Å². The lowest BCUT2D eigenvalue weighted by molar-refractivity contribution is -0.117. The SMILES string of the molecule is CCC(C(=O)Nc1ccc(-c2cccnc2)cc1)c1ccnc(NS(=O)(=O)C2CC2)n1. The van der Waals surface area contributed by atoms with Gasteiger partial charge in [-0.3, -0.25) is 14.5 Å². The molecule has 160 valence electrons. The average Bonchev–Trinajstić information content (AvgIpc) is 3.62. The third-order valence-electron chi connectivity index (χ3n) is 5.10. The van der Waals surface area contributed by atoms with Gasteiger partial charge in [0.15, 0.2) is 0 Å². The number of nitrogens with zero attached hydrogens (tertiary/aromatic N) is 3. The van der Waals surface area contributed by atoms with Crippen LogP contribution in [0.1, 0.15) is 37.8 Å². The maximum absolute atomic E-state index is 12.9. The summed E-state index contributed by atoms with van der Waals surface area (Å²) in [6, 6.07) is 13.0. The molecule has 0 spiro atoms. The van der Waals surface area contributed by atoms with Crippen molar-refractivity contribution in [2.24, 2.45) is 0 Å². The average molecular weight is 438 g/mol. The first-order valence-electron chi connectivity index (χ1n) is 10.1. The molecule has 1 fully saturated rings. The van der Waals surface area contributed by atoms with Crippen LogP contribution in [0.2, 0.25) is 0 Å². The third kappa shape index (κ3) is 5.05. The Labute approximate surface area is 181 Å². The number of nitrogens with one attached hydrogen (secondary N) is 2. The van der Waals surface area contributed by atoms with E-state index in [0.717, 1.165) is 11.1 Å². The summed E-state index contributed by atoms with van der Waals surface area (Å²) in [7, 11) is -3.47. The number of sulfonamides is 1. The molecule has 1 amide bonds. The van der Waals surface area contributed by atoms with Crippen molar-refractivity contribution in [3.8, 4) is 11.1 Å². The highest BCUT2D eigenvalue weighted by Crippen LogP contribution is 2.29. The molecule has 1 atom stereocenters. The van der Waals surface area contributed by atoms with E-state index in [4.69, 9.17) is 0 Å². The fourth-order valence-electron chi connectivity index (χ4n) is 3.24. The van der Waals surface area contributed by atoms with E-state index < -0.39 is 15.9 Å². The van der Waals surface area contributed by atoms with Crippen LogP contribution in [-0.4, -0.2) is 34.5 Å². The number of carbonyl (C=O) groups excluding carboxylic acids is 1. The Hall–Kier alpha value is -3.33. The van der Waals surface area contributed by atoms with E-state index in [1.165, 1.54) is 6.20 Å². The highest BCUT2D eigenvalue weighted by Gasteiger charge is 2.36. The highest BCUT2D eigenvalue weighted by atomic mass is 32.2. The quantitative estimate of drug-likeness (QED) is 0.557. The number of amides is 1. The van der Waals surface area contributed by atoms with Gasteiger partial charge in [-0.25, -0.2) is 18.4 Å². The van der Waals surface area contributed by atoms with Gasteiger partial charge in [-0.05, 0) is 54.7 Å².